The van der Waals surface area contributed by atoms with Crippen LogP contribution in [0, 0.1) is 6.92 Å². The molecule has 0 bridgehead atoms. The zero-order chi connectivity index (χ0) is 18.8. The Morgan fingerprint density at radius 1 is 0.963 bits per heavy atom. The van der Waals surface area contributed by atoms with Crippen molar-refractivity contribution in [3.8, 4) is 22.6 Å². The molecule has 3 aromatic rings. The van der Waals surface area contributed by atoms with Crippen molar-refractivity contribution in [1.82, 2.24) is 14.8 Å². The van der Waals surface area contributed by atoms with Crippen LogP contribution in [0.3, 0.4) is 0 Å². The molecule has 1 unspecified atom stereocenters. The second-order valence-corrected chi connectivity index (χ2v) is 7.53. The number of likely N-dealkylation sites (N-methyl/N-ethyl adjacent to an activating group) is 1. The fraction of sp³-hybridized carbons (Fsp3) is 0.348. The van der Waals surface area contributed by atoms with Gasteiger partial charge in [-0.25, -0.2) is 4.98 Å². The van der Waals surface area contributed by atoms with Gasteiger partial charge < -0.3 is 9.32 Å². The smallest absolute Gasteiger partial charge is 0.226 e. The molecule has 4 nitrogen and oxygen atoms in total. The molecule has 0 spiro atoms. The van der Waals surface area contributed by atoms with E-state index in [9.17, 15) is 0 Å². The molecule has 1 atom stereocenters. The SMILES string of the molecule is Cc1oc(-c2ccc(-c3ccccc3)cc2)nc1CN1CCN(C)C(C)C1. The molecule has 0 radical (unpaired) electrons. The van der Waals surface area contributed by atoms with Gasteiger partial charge in [0.05, 0.1) is 5.69 Å². The first kappa shape index (κ1) is 18.0. The fourth-order valence-corrected chi connectivity index (χ4v) is 3.61. The third-order valence-electron chi connectivity index (χ3n) is 5.55. The Morgan fingerprint density at radius 2 is 1.63 bits per heavy atom. The lowest BCUT2D eigenvalue weighted by Crippen LogP contribution is -2.49. The highest BCUT2D eigenvalue weighted by molar-refractivity contribution is 5.67. The molecule has 1 aliphatic rings. The van der Waals surface area contributed by atoms with Gasteiger partial charge >= 0.3 is 0 Å². The molecule has 0 N–H and O–H groups in total. The van der Waals surface area contributed by atoms with E-state index in [1.807, 2.05) is 13.0 Å². The van der Waals surface area contributed by atoms with Gasteiger partial charge in [0.15, 0.2) is 0 Å². The fourth-order valence-electron chi connectivity index (χ4n) is 3.61. The zero-order valence-electron chi connectivity index (χ0n) is 16.4. The van der Waals surface area contributed by atoms with Crippen molar-refractivity contribution in [2.45, 2.75) is 26.4 Å². The predicted molar refractivity (Wildman–Crippen MR) is 109 cm³/mol. The maximum atomic E-state index is 5.99. The third-order valence-corrected chi connectivity index (χ3v) is 5.55. The van der Waals surface area contributed by atoms with Crippen LogP contribution in [-0.4, -0.2) is 47.5 Å². The molecule has 2 heterocycles. The summed E-state index contributed by atoms with van der Waals surface area (Å²) in [5, 5.41) is 0. The number of hydrogen-bond acceptors (Lipinski definition) is 4. The first-order valence-electron chi connectivity index (χ1n) is 9.65. The number of aromatic nitrogens is 1. The highest BCUT2D eigenvalue weighted by atomic mass is 16.4. The summed E-state index contributed by atoms with van der Waals surface area (Å²) in [6.45, 7) is 8.41. The van der Waals surface area contributed by atoms with Crippen LogP contribution in [0.1, 0.15) is 18.4 Å². The summed E-state index contributed by atoms with van der Waals surface area (Å²) in [4.78, 5) is 9.68. The zero-order valence-corrected chi connectivity index (χ0v) is 16.4. The van der Waals surface area contributed by atoms with Crippen LogP contribution < -0.4 is 0 Å². The van der Waals surface area contributed by atoms with E-state index in [0.717, 1.165) is 43.2 Å². The lowest BCUT2D eigenvalue weighted by atomic mass is 10.0. The molecule has 0 aliphatic carbocycles. The summed E-state index contributed by atoms with van der Waals surface area (Å²) in [5.41, 5.74) is 4.50. The monoisotopic (exact) mass is 361 g/mol. The van der Waals surface area contributed by atoms with Crippen LogP contribution in [0.4, 0.5) is 0 Å². The maximum absolute atomic E-state index is 5.99. The molecule has 1 saturated heterocycles. The number of rotatable bonds is 4. The van der Waals surface area contributed by atoms with Gasteiger partial charge in [-0.2, -0.15) is 0 Å². The van der Waals surface area contributed by atoms with Crippen molar-refractivity contribution in [1.29, 1.82) is 0 Å². The largest absolute Gasteiger partial charge is 0.441 e. The molecule has 4 rings (SSSR count). The Balaban J connectivity index is 1.49. The van der Waals surface area contributed by atoms with E-state index >= 15 is 0 Å². The topological polar surface area (TPSA) is 32.5 Å². The summed E-state index contributed by atoms with van der Waals surface area (Å²) in [6.07, 6.45) is 0. The van der Waals surface area contributed by atoms with Gasteiger partial charge in [0.2, 0.25) is 5.89 Å². The number of nitrogens with zero attached hydrogens (tertiary/aromatic N) is 3. The molecule has 27 heavy (non-hydrogen) atoms. The molecule has 1 fully saturated rings. The van der Waals surface area contributed by atoms with Gasteiger partial charge in [-0.3, -0.25) is 4.90 Å². The Bertz CT molecular complexity index is 886. The van der Waals surface area contributed by atoms with Gasteiger partial charge in [-0.1, -0.05) is 42.5 Å². The van der Waals surface area contributed by atoms with Crippen LogP contribution in [0.15, 0.2) is 59.0 Å². The quantitative estimate of drug-likeness (QED) is 0.687. The standard InChI is InChI=1S/C23H27N3O/c1-17-15-26(14-13-25(17)3)16-22-18(2)27-23(24-22)21-11-9-20(10-12-21)19-7-5-4-6-8-19/h4-12,17H,13-16H2,1-3H3. The van der Waals surface area contributed by atoms with Gasteiger partial charge in [-0.15, -0.1) is 0 Å². The Hall–Kier alpha value is -2.43. The van der Waals surface area contributed by atoms with Gasteiger partial charge in [0.25, 0.3) is 0 Å². The number of hydrogen-bond donors (Lipinski definition) is 0. The predicted octanol–water partition coefficient (Wildman–Crippen LogP) is 4.45. The molecular weight excluding hydrogens is 334 g/mol. The van der Waals surface area contributed by atoms with Gasteiger partial charge in [0.1, 0.15) is 5.76 Å². The van der Waals surface area contributed by atoms with Crippen molar-refractivity contribution in [3.63, 3.8) is 0 Å². The third kappa shape index (κ3) is 3.97. The van der Waals surface area contributed by atoms with Gasteiger partial charge in [0, 0.05) is 37.8 Å². The van der Waals surface area contributed by atoms with Crippen LogP contribution in [0.25, 0.3) is 22.6 Å². The Kier molecular flexibility index (Phi) is 5.10. The number of aryl methyl sites for hydroxylation is 1. The molecule has 0 amide bonds. The summed E-state index contributed by atoms with van der Waals surface area (Å²) in [7, 11) is 2.20. The minimum atomic E-state index is 0.580. The minimum Gasteiger partial charge on any atom is -0.441 e. The number of piperazine rings is 1. The van der Waals surface area contributed by atoms with Crippen molar-refractivity contribution < 1.29 is 4.42 Å². The average Bonchev–Trinajstić information content (AvgIpc) is 3.06. The van der Waals surface area contributed by atoms with Crippen LogP contribution in [-0.2, 0) is 6.54 Å². The molecule has 2 aromatic carbocycles. The summed E-state index contributed by atoms with van der Waals surface area (Å²) in [5.74, 6) is 1.63. The van der Waals surface area contributed by atoms with Crippen molar-refractivity contribution in [2.75, 3.05) is 26.7 Å². The Morgan fingerprint density at radius 3 is 2.33 bits per heavy atom. The number of oxazole rings is 1. The van der Waals surface area contributed by atoms with Crippen molar-refractivity contribution >= 4 is 0 Å². The van der Waals surface area contributed by atoms with E-state index in [-0.39, 0.29) is 0 Å². The maximum Gasteiger partial charge on any atom is 0.226 e. The van der Waals surface area contributed by atoms with Crippen LogP contribution >= 0.6 is 0 Å². The highest BCUT2D eigenvalue weighted by Crippen LogP contribution is 2.26. The van der Waals surface area contributed by atoms with E-state index in [2.05, 4.69) is 72.3 Å². The molecule has 1 aromatic heterocycles. The van der Waals surface area contributed by atoms with E-state index in [1.165, 1.54) is 11.1 Å². The molecular formula is C23H27N3O. The van der Waals surface area contributed by atoms with E-state index < -0.39 is 0 Å². The molecule has 4 heteroatoms. The van der Waals surface area contributed by atoms with E-state index in [1.54, 1.807) is 0 Å². The van der Waals surface area contributed by atoms with E-state index in [4.69, 9.17) is 9.40 Å². The first-order chi connectivity index (χ1) is 13.1. The lowest BCUT2D eigenvalue weighted by molar-refractivity contribution is 0.0988. The molecule has 1 aliphatic heterocycles. The number of benzene rings is 2. The Labute approximate surface area is 161 Å². The second-order valence-electron chi connectivity index (χ2n) is 7.53. The normalized spacial score (nSPS) is 18.7. The van der Waals surface area contributed by atoms with Crippen LogP contribution in [0.5, 0.6) is 0 Å². The molecule has 140 valence electrons. The first-order valence-corrected chi connectivity index (χ1v) is 9.65. The van der Waals surface area contributed by atoms with Gasteiger partial charge in [-0.05, 0) is 44.2 Å². The highest BCUT2D eigenvalue weighted by Gasteiger charge is 2.22. The average molecular weight is 361 g/mol. The van der Waals surface area contributed by atoms with Crippen molar-refractivity contribution in [3.05, 3.63) is 66.1 Å². The van der Waals surface area contributed by atoms with E-state index in [0.29, 0.717) is 11.9 Å². The van der Waals surface area contributed by atoms with Crippen LogP contribution in [0.2, 0.25) is 0 Å². The van der Waals surface area contributed by atoms with Crippen molar-refractivity contribution in [2.24, 2.45) is 0 Å². The molecule has 0 saturated carbocycles. The lowest BCUT2D eigenvalue weighted by Gasteiger charge is -2.37. The summed E-state index contributed by atoms with van der Waals surface area (Å²) in [6, 6.07) is 19.4. The summed E-state index contributed by atoms with van der Waals surface area (Å²) < 4.78 is 5.99. The minimum absolute atomic E-state index is 0.580. The summed E-state index contributed by atoms with van der Waals surface area (Å²) >= 11 is 0. The second kappa shape index (κ2) is 7.67.